The van der Waals surface area contributed by atoms with Crippen molar-refractivity contribution in [2.45, 2.75) is 45.2 Å². The molecular formula is C29H29ClF2N6O3. The molecular weight excluding hydrogens is 554 g/mol. The summed E-state index contributed by atoms with van der Waals surface area (Å²) >= 11 is 6.44. The minimum absolute atomic E-state index is 0.0670. The summed E-state index contributed by atoms with van der Waals surface area (Å²) in [7, 11) is 1.79. The summed E-state index contributed by atoms with van der Waals surface area (Å²) in [6.45, 7) is 4.23. The Labute approximate surface area is 240 Å². The predicted octanol–water partition coefficient (Wildman–Crippen LogP) is 4.87. The molecule has 2 heterocycles. The van der Waals surface area contributed by atoms with E-state index in [0.29, 0.717) is 29.6 Å². The highest BCUT2D eigenvalue weighted by atomic mass is 35.5. The Kier molecular flexibility index (Phi) is 8.67. The molecule has 0 fully saturated rings. The maximum atomic E-state index is 13.8. The lowest BCUT2D eigenvalue weighted by atomic mass is 9.99. The maximum Gasteiger partial charge on any atom is 0.321 e. The Bertz CT molecular complexity index is 1630. The molecule has 0 aliphatic heterocycles. The highest BCUT2D eigenvalue weighted by Gasteiger charge is 2.35. The molecule has 2 amide bonds. The number of halogens is 3. The topological polar surface area (TPSA) is 111 Å². The number of benzene rings is 2. The average molecular weight is 583 g/mol. The van der Waals surface area contributed by atoms with E-state index in [2.05, 4.69) is 20.8 Å². The first-order valence-electron chi connectivity index (χ1n) is 12.8. The third-order valence-corrected chi connectivity index (χ3v) is 6.81. The van der Waals surface area contributed by atoms with Crippen LogP contribution in [0.4, 0.5) is 14.5 Å². The average Bonchev–Trinajstić information content (AvgIpc) is 3.35. The van der Waals surface area contributed by atoms with Crippen LogP contribution < -0.4 is 16.2 Å². The van der Waals surface area contributed by atoms with Gasteiger partial charge in [0, 0.05) is 55.0 Å². The van der Waals surface area contributed by atoms with Crippen LogP contribution in [0, 0.1) is 0 Å². The van der Waals surface area contributed by atoms with Crippen molar-refractivity contribution in [3.05, 3.63) is 88.1 Å². The molecule has 0 aliphatic rings. The monoisotopic (exact) mass is 582 g/mol. The van der Waals surface area contributed by atoms with E-state index in [4.69, 9.17) is 11.6 Å². The SMILES string of the molecule is CC(C)n1cc(-c2ccc(Cl)c(CC(NC(=O)C(C)(F)F)C(=O)Nc3ccc(-c4nncn4C)cc3)c2)ccc1=O. The summed E-state index contributed by atoms with van der Waals surface area (Å²) in [5, 5.41) is 13.0. The zero-order valence-electron chi connectivity index (χ0n) is 22.9. The largest absolute Gasteiger partial charge is 0.339 e. The van der Waals surface area contributed by atoms with Crippen LogP contribution in [0.5, 0.6) is 0 Å². The van der Waals surface area contributed by atoms with Crippen LogP contribution in [-0.2, 0) is 23.1 Å². The maximum absolute atomic E-state index is 13.8. The second kappa shape index (κ2) is 12.0. The molecule has 1 atom stereocenters. The summed E-state index contributed by atoms with van der Waals surface area (Å²) in [6.07, 6.45) is 3.11. The van der Waals surface area contributed by atoms with Gasteiger partial charge in [-0.15, -0.1) is 10.2 Å². The van der Waals surface area contributed by atoms with Gasteiger partial charge in [0.15, 0.2) is 5.82 Å². The molecule has 0 spiro atoms. The molecule has 1 unspecified atom stereocenters. The van der Waals surface area contributed by atoms with Crippen LogP contribution in [0.1, 0.15) is 32.4 Å². The number of aromatic nitrogens is 4. The fourth-order valence-electron chi connectivity index (χ4n) is 4.18. The smallest absolute Gasteiger partial charge is 0.321 e. The molecule has 9 nitrogen and oxygen atoms in total. The standard InChI is InChI=1S/C29H29ClF2N6O3/c1-17(2)38-15-20(8-12-25(38)39)19-7-11-23(30)21(13-19)14-24(35-28(41)29(3,31)32)27(40)34-22-9-5-18(6-10-22)26-36-33-16-37(26)4/h5-13,15-17,24H,14H2,1-4H3,(H,34,40)(H,35,41). The van der Waals surface area contributed by atoms with E-state index in [1.165, 1.54) is 6.07 Å². The second-order valence-electron chi connectivity index (χ2n) is 10.0. The lowest BCUT2D eigenvalue weighted by molar-refractivity contribution is -0.145. The van der Waals surface area contributed by atoms with Crippen LogP contribution in [0.25, 0.3) is 22.5 Å². The normalized spacial score (nSPS) is 12.3. The molecule has 0 radical (unpaired) electrons. The van der Waals surface area contributed by atoms with Gasteiger partial charge in [0.05, 0.1) is 0 Å². The van der Waals surface area contributed by atoms with E-state index in [9.17, 15) is 23.2 Å². The van der Waals surface area contributed by atoms with Crippen LogP contribution in [0.3, 0.4) is 0 Å². The minimum atomic E-state index is -3.70. The molecule has 0 saturated carbocycles. The van der Waals surface area contributed by atoms with Gasteiger partial charge in [0.1, 0.15) is 12.4 Å². The minimum Gasteiger partial charge on any atom is -0.339 e. The Balaban J connectivity index is 1.61. The first-order chi connectivity index (χ1) is 19.3. The zero-order chi connectivity index (χ0) is 29.9. The number of amides is 2. The van der Waals surface area contributed by atoms with Gasteiger partial charge in [0.2, 0.25) is 5.91 Å². The molecule has 0 saturated heterocycles. The third-order valence-electron chi connectivity index (χ3n) is 6.44. The van der Waals surface area contributed by atoms with Crippen LogP contribution >= 0.6 is 11.6 Å². The van der Waals surface area contributed by atoms with Gasteiger partial charge in [-0.3, -0.25) is 14.4 Å². The Morgan fingerprint density at radius 3 is 2.29 bits per heavy atom. The van der Waals surface area contributed by atoms with E-state index in [1.807, 2.05) is 13.8 Å². The van der Waals surface area contributed by atoms with Gasteiger partial charge in [-0.2, -0.15) is 8.78 Å². The molecule has 4 rings (SSSR count). The van der Waals surface area contributed by atoms with Crippen molar-refractivity contribution in [3.8, 4) is 22.5 Å². The van der Waals surface area contributed by atoms with Gasteiger partial charge in [-0.05, 0) is 73.0 Å². The van der Waals surface area contributed by atoms with Gasteiger partial charge in [-0.25, -0.2) is 0 Å². The molecule has 2 N–H and O–H groups in total. The molecule has 12 heteroatoms. The first-order valence-corrected chi connectivity index (χ1v) is 13.2. The number of carbonyl (C=O) groups excluding carboxylic acids is 2. The molecule has 0 aliphatic carbocycles. The molecule has 2 aromatic carbocycles. The third kappa shape index (κ3) is 7.04. The molecule has 41 heavy (non-hydrogen) atoms. The van der Waals surface area contributed by atoms with Gasteiger partial charge in [0.25, 0.3) is 11.5 Å². The zero-order valence-corrected chi connectivity index (χ0v) is 23.6. The van der Waals surface area contributed by atoms with Crippen molar-refractivity contribution in [2.75, 3.05) is 5.32 Å². The highest BCUT2D eigenvalue weighted by molar-refractivity contribution is 6.31. The number of aryl methyl sites for hydroxylation is 1. The van der Waals surface area contributed by atoms with Crippen molar-refractivity contribution in [3.63, 3.8) is 0 Å². The number of alkyl halides is 2. The summed E-state index contributed by atoms with van der Waals surface area (Å²) in [4.78, 5) is 37.7. The summed E-state index contributed by atoms with van der Waals surface area (Å²) < 4.78 is 30.9. The first kappa shape index (κ1) is 29.6. The van der Waals surface area contributed by atoms with E-state index in [1.54, 1.807) is 77.2 Å². The van der Waals surface area contributed by atoms with Gasteiger partial charge >= 0.3 is 5.92 Å². The van der Waals surface area contributed by atoms with Crippen molar-refractivity contribution < 1.29 is 18.4 Å². The van der Waals surface area contributed by atoms with E-state index in [0.717, 1.165) is 11.1 Å². The molecule has 214 valence electrons. The Morgan fingerprint density at radius 2 is 1.68 bits per heavy atom. The molecule has 0 bridgehead atoms. The second-order valence-corrected chi connectivity index (χ2v) is 10.4. The number of pyridine rings is 1. The number of rotatable bonds is 9. The fraction of sp³-hybridized carbons (Fsp3) is 0.276. The number of anilines is 1. The van der Waals surface area contributed by atoms with Crippen LogP contribution in [0.2, 0.25) is 5.02 Å². The van der Waals surface area contributed by atoms with E-state index >= 15 is 0 Å². The lowest BCUT2D eigenvalue weighted by Gasteiger charge is -2.21. The van der Waals surface area contributed by atoms with Crippen molar-refractivity contribution in [1.29, 1.82) is 0 Å². The number of carbonyl (C=O) groups is 2. The van der Waals surface area contributed by atoms with Crippen molar-refractivity contribution in [1.82, 2.24) is 24.6 Å². The van der Waals surface area contributed by atoms with E-state index < -0.39 is 23.8 Å². The van der Waals surface area contributed by atoms with Gasteiger partial charge in [-0.1, -0.05) is 17.7 Å². The van der Waals surface area contributed by atoms with E-state index in [-0.39, 0.29) is 23.0 Å². The van der Waals surface area contributed by atoms with Crippen molar-refractivity contribution >= 4 is 29.1 Å². The summed E-state index contributed by atoms with van der Waals surface area (Å²) in [6, 6.07) is 13.5. The lowest BCUT2D eigenvalue weighted by Crippen LogP contribution is -2.50. The Morgan fingerprint density at radius 1 is 1.02 bits per heavy atom. The highest BCUT2D eigenvalue weighted by Crippen LogP contribution is 2.27. The quantitative estimate of drug-likeness (QED) is 0.293. The van der Waals surface area contributed by atoms with Crippen LogP contribution in [-0.4, -0.2) is 43.1 Å². The molecule has 4 aromatic rings. The van der Waals surface area contributed by atoms with Crippen LogP contribution in [0.15, 0.2) is 71.9 Å². The number of nitrogens with zero attached hydrogens (tertiary/aromatic N) is 4. The van der Waals surface area contributed by atoms with Gasteiger partial charge < -0.3 is 19.8 Å². The predicted molar refractivity (Wildman–Crippen MR) is 153 cm³/mol. The number of hydrogen-bond donors (Lipinski definition) is 2. The van der Waals surface area contributed by atoms with Crippen molar-refractivity contribution in [2.24, 2.45) is 7.05 Å². The number of nitrogens with one attached hydrogen (secondary N) is 2. The summed E-state index contributed by atoms with van der Waals surface area (Å²) in [5.74, 6) is -5.38. The summed E-state index contributed by atoms with van der Waals surface area (Å²) in [5.41, 5.74) is 2.87. The number of hydrogen-bond acceptors (Lipinski definition) is 5. The fourth-order valence-corrected chi connectivity index (χ4v) is 4.37. The molecule has 2 aromatic heterocycles. The Hall–Kier alpha value is -4.38.